The van der Waals surface area contributed by atoms with Gasteiger partial charge in [-0.1, -0.05) is 6.07 Å². The minimum atomic E-state index is -0.0172. The lowest BCUT2D eigenvalue weighted by Crippen LogP contribution is -2.40. The van der Waals surface area contributed by atoms with Crippen molar-refractivity contribution in [3.63, 3.8) is 0 Å². The van der Waals surface area contributed by atoms with Gasteiger partial charge in [0.15, 0.2) is 11.5 Å². The maximum atomic E-state index is 12.8. The molecule has 1 saturated heterocycles. The van der Waals surface area contributed by atoms with E-state index in [2.05, 4.69) is 15.2 Å². The predicted octanol–water partition coefficient (Wildman–Crippen LogP) is 4.09. The van der Waals surface area contributed by atoms with E-state index in [1.54, 1.807) is 7.11 Å². The summed E-state index contributed by atoms with van der Waals surface area (Å²) in [5.41, 5.74) is 2.69. The average molecular weight is 453 g/mol. The van der Waals surface area contributed by atoms with Crippen molar-refractivity contribution in [2.24, 2.45) is 5.92 Å². The predicted molar refractivity (Wildman–Crippen MR) is 127 cm³/mol. The van der Waals surface area contributed by atoms with Crippen LogP contribution in [0.3, 0.4) is 0 Å². The zero-order valence-corrected chi connectivity index (χ0v) is 20.0. The molecule has 1 aliphatic heterocycles. The van der Waals surface area contributed by atoms with Gasteiger partial charge in [0.25, 0.3) is 0 Å². The van der Waals surface area contributed by atoms with Gasteiger partial charge in [-0.15, -0.1) is 0 Å². The number of benzene rings is 1. The van der Waals surface area contributed by atoms with Crippen molar-refractivity contribution in [3.05, 3.63) is 40.9 Å². The van der Waals surface area contributed by atoms with Crippen LogP contribution in [0.4, 0.5) is 5.82 Å². The Kier molecular flexibility index (Phi) is 6.72. The fourth-order valence-electron chi connectivity index (χ4n) is 4.34. The van der Waals surface area contributed by atoms with Crippen molar-refractivity contribution >= 4 is 22.8 Å². The Morgan fingerprint density at radius 2 is 1.94 bits per heavy atom. The number of methoxy groups -OCH3 is 1. The molecule has 8 nitrogen and oxygen atoms in total. The second kappa shape index (κ2) is 9.68. The fourth-order valence-corrected chi connectivity index (χ4v) is 4.34. The van der Waals surface area contributed by atoms with Gasteiger partial charge in [-0.05, 0) is 58.2 Å². The first kappa shape index (κ1) is 22.9. The van der Waals surface area contributed by atoms with Crippen LogP contribution in [0, 0.1) is 26.7 Å². The molecule has 2 aromatic heterocycles. The number of nitrogens with one attached hydrogen (secondary N) is 1. The van der Waals surface area contributed by atoms with Gasteiger partial charge in [-0.25, -0.2) is 4.98 Å². The average Bonchev–Trinajstić information content (AvgIpc) is 3.10. The number of hydrogen-bond donors (Lipinski definition) is 1. The number of hydrogen-bond acceptors (Lipinski definition) is 7. The van der Waals surface area contributed by atoms with Crippen LogP contribution in [0.5, 0.6) is 11.5 Å². The van der Waals surface area contributed by atoms with Crippen LogP contribution in [-0.4, -0.2) is 42.7 Å². The van der Waals surface area contributed by atoms with Crippen molar-refractivity contribution in [3.8, 4) is 11.5 Å². The molecule has 0 spiro atoms. The number of carbonyl (C=O) groups excluding carboxylic acids is 1. The Morgan fingerprint density at radius 3 is 2.64 bits per heavy atom. The van der Waals surface area contributed by atoms with E-state index in [4.69, 9.17) is 18.9 Å². The molecule has 8 heteroatoms. The Labute approximate surface area is 194 Å². The summed E-state index contributed by atoms with van der Waals surface area (Å²) in [6.07, 6.45) is 1.55. The van der Waals surface area contributed by atoms with Gasteiger partial charge in [0.05, 0.1) is 19.1 Å². The highest BCUT2D eigenvalue weighted by molar-refractivity contribution is 5.90. The van der Waals surface area contributed by atoms with Gasteiger partial charge in [0, 0.05) is 31.1 Å². The molecule has 0 bridgehead atoms. The Hall–Kier alpha value is -3.29. The summed E-state index contributed by atoms with van der Waals surface area (Å²) in [7, 11) is 1.62. The number of anilines is 1. The molecule has 4 rings (SSSR count). The minimum Gasteiger partial charge on any atom is -0.493 e. The maximum Gasteiger partial charge on any atom is 0.231 e. The van der Waals surface area contributed by atoms with E-state index in [0.717, 1.165) is 54.0 Å². The van der Waals surface area contributed by atoms with E-state index in [9.17, 15) is 4.79 Å². The zero-order chi connectivity index (χ0) is 23.5. The number of carbonyl (C=O) groups is 1. The van der Waals surface area contributed by atoms with Crippen molar-refractivity contribution in [1.82, 2.24) is 15.3 Å². The molecule has 3 aromatic rings. The first-order valence-corrected chi connectivity index (χ1v) is 11.5. The molecule has 1 aliphatic rings. The number of amides is 1. The van der Waals surface area contributed by atoms with Gasteiger partial charge in [0.2, 0.25) is 11.6 Å². The maximum absolute atomic E-state index is 12.8. The number of aryl methyl sites for hydroxylation is 3. The van der Waals surface area contributed by atoms with Crippen LogP contribution in [0.25, 0.3) is 11.1 Å². The molecule has 0 unspecified atom stereocenters. The molecule has 1 fully saturated rings. The van der Waals surface area contributed by atoms with Crippen LogP contribution in [0.15, 0.2) is 22.6 Å². The molecule has 33 heavy (non-hydrogen) atoms. The lowest BCUT2D eigenvalue weighted by molar-refractivity contribution is -0.125. The third kappa shape index (κ3) is 4.74. The first-order valence-electron chi connectivity index (χ1n) is 11.5. The van der Waals surface area contributed by atoms with Crippen LogP contribution in [0.1, 0.15) is 42.5 Å². The lowest BCUT2D eigenvalue weighted by Gasteiger charge is -2.32. The second-order valence-corrected chi connectivity index (χ2v) is 8.46. The normalized spacial score (nSPS) is 14.5. The largest absolute Gasteiger partial charge is 0.493 e. The zero-order valence-electron chi connectivity index (χ0n) is 20.0. The number of fused-ring (bicyclic) bond motifs is 1. The van der Waals surface area contributed by atoms with E-state index < -0.39 is 0 Å². The van der Waals surface area contributed by atoms with Gasteiger partial charge in [0.1, 0.15) is 17.4 Å². The molecule has 3 heterocycles. The van der Waals surface area contributed by atoms with Crippen molar-refractivity contribution in [2.75, 3.05) is 31.7 Å². The third-order valence-corrected chi connectivity index (χ3v) is 6.28. The van der Waals surface area contributed by atoms with Gasteiger partial charge < -0.3 is 24.1 Å². The highest BCUT2D eigenvalue weighted by Gasteiger charge is 2.28. The van der Waals surface area contributed by atoms with E-state index >= 15 is 0 Å². The molecule has 0 saturated carbocycles. The standard InChI is InChI=1S/C25H32N4O4/c1-6-32-20-8-7-18(13-21(20)31-5)14-26-24(30)19-9-11-29(12-10-19)23-22-15(2)16(3)33-25(22)28-17(4)27-23/h7-8,13,19H,6,9-12,14H2,1-5H3,(H,26,30). The van der Waals surface area contributed by atoms with E-state index in [0.29, 0.717) is 36.2 Å². The summed E-state index contributed by atoms with van der Waals surface area (Å²) < 4.78 is 16.8. The lowest BCUT2D eigenvalue weighted by atomic mass is 9.95. The van der Waals surface area contributed by atoms with Gasteiger partial charge in [-0.3, -0.25) is 4.79 Å². The summed E-state index contributed by atoms with van der Waals surface area (Å²) in [6.45, 7) is 10.4. The number of nitrogens with zero attached hydrogens (tertiary/aromatic N) is 3. The Balaban J connectivity index is 1.38. The molecule has 1 aromatic carbocycles. The molecular weight excluding hydrogens is 420 g/mol. The molecule has 1 N–H and O–H groups in total. The number of rotatable bonds is 7. The molecular formula is C25H32N4O4. The van der Waals surface area contributed by atoms with Crippen LogP contribution in [0.2, 0.25) is 0 Å². The van der Waals surface area contributed by atoms with E-state index in [-0.39, 0.29) is 11.8 Å². The summed E-state index contributed by atoms with van der Waals surface area (Å²) in [4.78, 5) is 24.3. The van der Waals surface area contributed by atoms with E-state index in [1.165, 1.54) is 0 Å². The third-order valence-electron chi connectivity index (χ3n) is 6.28. The SMILES string of the molecule is CCOc1ccc(CNC(=O)C2CCN(c3nc(C)nc4oc(C)c(C)c34)CC2)cc1OC. The van der Waals surface area contributed by atoms with Crippen LogP contribution < -0.4 is 19.7 Å². The number of aromatic nitrogens is 2. The Morgan fingerprint density at radius 1 is 1.18 bits per heavy atom. The first-order chi connectivity index (χ1) is 15.9. The van der Waals surface area contributed by atoms with Gasteiger partial charge >= 0.3 is 0 Å². The molecule has 0 atom stereocenters. The minimum absolute atomic E-state index is 0.0172. The molecule has 0 radical (unpaired) electrons. The highest BCUT2D eigenvalue weighted by atomic mass is 16.5. The van der Waals surface area contributed by atoms with E-state index in [1.807, 2.05) is 45.9 Å². The summed E-state index contributed by atoms with van der Waals surface area (Å²) in [5.74, 6) is 3.92. The van der Waals surface area contributed by atoms with Crippen molar-refractivity contribution in [1.29, 1.82) is 0 Å². The topological polar surface area (TPSA) is 89.7 Å². The summed E-state index contributed by atoms with van der Waals surface area (Å²) >= 11 is 0. The number of piperidine rings is 1. The molecule has 0 aliphatic carbocycles. The van der Waals surface area contributed by atoms with Crippen LogP contribution >= 0.6 is 0 Å². The summed E-state index contributed by atoms with van der Waals surface area (Å²) in [5, 5.41) is 4.06. The smallest absolute Gasteiger partial charge is 0.231 e. The Bertz CT molecular complexity index is 1150. The second-order valence-electron chi connectivity index (χ2n) is 8.46. The summed E-state index contributed by atoms with van der Waals surface area (Å²) in [6, 6.07) is 5.74. The molecule has 1 amide bonds. The fraction of sp³-hybridized carbons (Fsp3) is 0.480. The molecule has 176 valence electrons. The van der Waals surface area contributed by atoms with Crippen LogP contribution in [-0.2, 0) is 11.3 Å². The van der Waals surface area contributed by atoms with Gasteiger partial charge in [-0.2, -0.15) is 4.98 Å². The number of ether oxygens (including phenoxy) is 2. The highest BCUT2D eigenvalue weighted by Crippen LogP contribution is 2.33. The monoisotopic (exact) mass is 452 g/mol. The van der Waals surface area contributed by atoms with Crippen molar-refractivity contribution in [2.45, 2.75) is 47.1 Å². The number of furan rings is 1. The van der Waals surface area contributed by atoms with Crippen molar-refractivity contribution < 1.29 is 18.7 Å². The quantitative estimate of drug-likeness (QED) is 0.577.